The van der Waals surface area contributed by atoms with Crippen molar-refractivity contribution < 1.29 is 9.53 Å². The van der Waals surface area contributed by atoms with E-state index in [0.717, 1.165) is 23.6 Å². The van der Waals surface area contributed by atoms with Crippen LogP contribution >= 0.6 is 0 Å². The first kappa shape index (κ1) is 21.1. The molecule has 0 aliphatic rings. The van der Waals surface area contributed by atoms with Gasteiger partial charge in [-0.15, -0.1) is 10.2 Å². The number of nitrogens with zero attached hydrogens (tertiary/aromatic N) is 4. The second-order valence-corrected chi connectivity index (χ2v) is 6.48. The molecular weight excluding hydrogens is 382 g/mol. The molecule has 0 atom stereocenters. The maximum Gasteiger partial charge on any atom is 0.257 e. The molecule has 0 saturated heterocycles. The fourth-order valence-corrected chi connectivity index (χ4v) is 2.82. The van der Waals surface area contributed by atoms with Gasteiger partial charge in [0.2, 0.25) is 0 Å². The molecule has 0 aliphatic carbocycles. The van der Waals surface area contributed by atoms with E-state index in [0.29, 0.717) is 31.3 Å². The molecule has 3 N–H and O–H groups in total. The Hall–Kier alpha value is -3.62. The van der Waals surface area contributed by atoms with E-state index in [1.165, 1.54) is 0 Å². The number of rotatable bonds is 9. The summed E-state index contributed by atoms with van der Waals surface area (Å²) in [5, 5.41) is 17.6. The highest BCUT2D eigenvalue weighted by Crippen LogP contribution is 2.14. The molecule has 0 aliphatic heterocycles. The quantitative estimate of drug-likeness (QED) is 0.365. The summed E-state index contributed by atoms with van der Waals surface area (Å²) in [4.78, 5) is 16.2. The Morgan fingerprint density at radius 3 is 2.77 bits per heavy atom. The van der Waals surface area contributed by atoms with Gasteiger partial charge in [-0.05, 0) is 43.7 Å². The minimum absolute atomic E-state index is 0.00291. The molecule has 9 heteroatoms. The Labute approximate surface area is 175 Å². The number of ether oxygens (including phenoxy) is 1. The molecule has 1 amide bonds. The average Bonchev–Trinajstić information content (AvgIpc) is 3.18. The molecule has 1 aromatic carbocycles. The number of benzene rings is 1. The van der Waals surface area contributed by atoms with E-state index in [2.05, 4.69) is 31.1 Å². The van der Waals surface area contributed by atoms with Crippen molar-refractivity contribution in [3.63, 3.8) is 0 Å². The van der Waals surface area contributed by atoms with Crippen LogP contribution in [0.5, 0.6) is 5.75 Å². The summed E-state index contributed by atoms with van der Waals surface area (Å²) in [6.07, 6.45) is 1.93. The van der Waals surface area contributed by atoms with Gasteiger partial charge < -0.3 is 20.7 Å². The molecule has 30 heavy (non-hydrogen) atoms. The zero-order valence-corrected chi connectivity index (χ0v) is 17.3. The highest BCUT2D eigenvalue weighted by molar-refractivity contribution is 5.79. The van der Waals surface area contributed by atoms with Gasteiger partial charge in [0.05, 0.1) is 13.1 Å². The van der Waals surface area contributed by atoms with Gasteiger partial charge >= 0.3 is 0 Å². The summed E-state index contributed by atoms with van der Waals surface area (Å²) in [5.74, 6) is 1.98. The van der Waals surface area contributed by atoms with Crippen molar-refractivity contribution in [1.82, 2.24) is 30.5 Å². The summed E-state index contributed by atoms with van der Waals surface area (Å²) >= 11 is 0. The fourth-order valence-electron chi connectivity index (χ4n) is 2.82. The van der Waals surface area contributed by atoms with Crippen molar-refractivity contribution >= 4 is 17.5 Å². The predicted octanol–water partition coefficient (Wildman–Crippen LogP) is 1.50. The second-order valence-electron chi connectivity index (χ2n) is 6.48. The molecule has 3 aromatic rings. The number of carbonyl (C=O) groups is 1. The molecule has 0 saturated carbocycles. The third kappa shape index (κ3) is 5.94. The Balaban J connectivity index is 1.60. The minimum Gasteiger partial charge on any atom is -0.484 e. The van der Waals surface area contributed by atoms with E-state index < -0.39 is 0 Å². The molecule has 158 valence electrons. The maximum atomic E-state index is 11.6. The Bertz CT molecular complexity index is 1000. The van der Waals surface area contributed by atoms with Crippen LogP contribution in [0.25, 0.3) is 5.65 Å². The zero-order valence-electron chi connectivity index (χ0n) is 17.3. The van der Waals surface area contributed by atoms with Crippen molar-refractivity contribution in [3.8, 4) is 5.75 Å². The number of carbonyl (C=O) groups excluding carboxylic acids is 1. The molecule has 0 unspecified atom stereocenters. The van der Waals surface area contributed by atoms with E-state index in [1.54, 1.807) is 0 Å². The topological polar surface area (TPSA) is 105 Å². The van der Waals surface area contributed by atoms with E-state index in [-0.39, 0.29) is 12.5 Å². The average molecular weight is 409 g/mol. The molecule has 3 rings (SSSR count). The molecule has 2 heterocycles. The third-order valence-electron chi connectivity index (χ3n) is 4.20. The van der Waals surface area contributed by atoms with Crippen LogP contribution in [0.4, 0.5) is 0 Å². The van der Waals surface area contributed by atoms with E-state index in [4.69, 9.17) is 4.74 Å². The van der Waals surface area contributed by atoms with E-state index in [1.807, 2.05) is 66.9 Å². The monoisotopic (exact) mass is 409 g/mol. The van der Waals surface area contributed by atoms with Gasteiger partial charge in [-0.25, -0.2) is 4.99 Å². The number of fused-ring (bicyclic) bond motifs is 1. The van der Waals surface area contributed by atoms with Crippen LogP contribution in [0.3, 0.4) is 0 Å². The number of guanidine groups is 1. The highest BCUT2D eigenvalue weighted by Gasteiger charge is 2.06. The van der Waals surface area contributed by atoms with Crippen molar-refractivity contribution in [3.05, 3.63) is 60.0 Å². The summed E-state index contributed by atoms with van der Waals surface area (Å²) in [6, 6.07) is 13.4. The Morgan fingerprint density at radius 1 is 1.07 bits per heavy atom. The van der Waals surface area contributed by atoms with E-state index in [9.17, 15) is 4.79 Å². The second kappa shape index (κ2) is 10.8. The molecular formula is C21H27N7O2. The maximum absolute atomic E-state index is 11.6. The largest absolute Gasteiger partial charge is 0.484 e. The van der Waals surface area contributed by atoms with Gasteiger partial charge in [0.25, 0.3) is 5.91 Å². The normalized spacial score (nSPS) is 11.3. The molecule has 0 fully saturated rings. The van der Waals surface area contributed by atoms with E-state index >= 15 is 0 Å². The van der Waals surface area contributed by atoms with Crippen molar-refractivity contribution in [2.45, 2.75) is 26.9 Å². The van der Waals surface area contributed by atoms with Crippen molar-refractivity contribution in [2.75, 3.05) is 19.7 Å². The van der Waals surface area contributed by atoms with Gasteiger partial charge in [-0.1, -0.05) is 18.2 Å². The van der Waals surface area contributed by atoms with Crippen LogP contribution in [-0.2, 0) is 17.9 Å². The lowest BCUT2D eigenvalue weighted by atomic mass is 10.2. The van der Waals surface area contributed by atoms with Crippen LogP contribution in [0, 0.1) is 0 Å². The predicted molar refractivity (Wildman–Crippen MR) is 115 cm³/mol. The van der Waals surface area contributed by atoms with Crippen LogP contribution in [0.15, 0.2) is 53.7 Å². The number of amides is 1. The SMILES string of the molecule is CCNC(=O)COc1cccc(CN=C(NCC)NCc2nnc3ccccn23)c1. The number of hydrogen-bond acceptors (Lipinski definition) is 5. The highest BCUT2D eigenvalue weighted by atomic mass is 16.5. The van der Waals surface area contributed by atoms with Crippen molar-refractivity contribution in [1.29, 1.82) is 0 Å². The number of nitrogens with one attached hydrogen (secondary N) is 3. The first-order valence-corrected chi connectivity index (χ1v) is 9.98. The summed E-state index contributed by atoms with van der Waals surface area (Å²) in [6.45, 7) is 6.17. The Morgan fingerprint density at radius 2 is 1.93 bits per heavy atom. The standard InChI is InChI=1S/C21H27N7O2/c1-3-22-20(29)15-30-17-9-7-8-16(12-17)13-24-21(23-4-2)25-14-19-27-26-18-10-5-6-11-28(18)19/h5-12H,3-4,13-15H2,1-2H3,(H,22,29)(H2,23,24,25). The summed E-state index contributed by atoms with van der Waals surface area (Å²) in [7, 11) is 0. The van der Waals surface area contributed by atoms with Crippen LogP contribution in [0.2, 0.25) is 0 Å². The lowest BCUT2D eigenvalue weighted by Crippen LogP contribution is -2.37. The minimum atomic E-state index is -0.138. The van der Waals surface area contributed by atoms with Gasteiger partial charge in [0.15, 0.2) is 24.0 Å². The zero-order chi connectivity index (χ0) is 21.2. The van der Waals surface area contributed by atoms with Gasteiger partial charge in [0, 0.05) is 19.3 Å². The third-order valence-corrected chi connectivity index (χ3v) is 4.20. The smallest absolute Gasteiger partial charge is 0.257 e. The summed E-state index contributed by atoms with van der Waals surface area (Å²) in [5.41, 5.74) is 1.79. The number of hydrogen-bond donors (Lipinski definition) is 3. The Kier molecular flexibility index (Phi) is 7.59. The van der Waals surface area contributed by atoms with Crippen molar-refractivity contribution in [2.24, 2.45) is 4.99 Å². The number of aliphatic imine (C=N–C) groups is 1. The first-order valence-electron chi connectivity index (χ1n) is 9.98. The molecule has 2 aromatic heterocycles. The number of aromatic nitrogens is 3. The molecule has 9 nitrogen and oxygen atoms in total. The molecule has 0 spiro atoms. The van der Waals surface area contributed by atoms with Gasteiger partial charge in [-0.3, -0.25) is 9.20 Å². The fraction of sp³-hybridized carbons (Fsp3) is 0.333. The first-order chi connectivity index (χ1) is 14.7. The lowest BCUT2D eigenvalue weighted by Gasteiger charge is -2.11. The van der Waals surface area contributed by atoms with Gasteiger partial charge in [-0.2, -0.15) is 0 Å². The number of likely N-dealkylation sites (N-methyl/N-ethyl adjacent to an activating group) is 1. The molecule has 0 bridgehead atoms. The molecule has 0 radical (unpaired) electrons. The van der Waals surface area contributed by atoms with Crippen LogP contribution in [0.1, 0.15) is 25.2 Å². The van der Waals surface area contributed by atoms with Crippen LogP contribution < -0.4 is 20.7 Å². The van der Waals surface area contributed by atoms with Gasteiger partial charge in [0.1, 0.15) is 5.75 Å². The lowest BCUT2D eigenvalue weighted by molar-refractivity contribution is -0.122. The number of pyridine rings is 1. The summed E-state index contributed by atoms with van der Waals surface area (Å²) < 4.78 is 7.48. The van der Waals surface area contributed by atoms with Crippen LogP contribution in [-0.4, -0.2) is 46.2 Å².